The van der Waals surface area contributed by atoms with Gasteiger partial charge in [-0.1, -0.05) is 6.07 Å². The molecule has 4 saturated heterocycles. The molecule has 2 aromatic heterocycles. The van der Waals surface area contributed by atoms with E-state index in [2.05, 4.69) is 9.97 Å². The fraction of sp³-hybridized carbons (Fsp3) is 0.500. The standard InChI is InChI=1S/C36H33F6N7O2S/c37-18-11-35(8-1-9-48(35)13-18)16-51-34-45-29-22(32(46-34)47-14-19-4-5-20(15-47)49(19)33(50)17-2-3-17)10-24(36(40,41)42)27(28(29)39)21-6-7-25(38)30-26(21)23(12-43)31(44)52-30/h6-7,10,17-20H,1-5,8-9,11,13-16,44H2. The van der Waals surface area contributed by atoms with Crippen LogP contribution >= 0.6 is 11.3 Å². The van der Waals surface area contributed by atoms with Crippen molar-refractivity contribution in [2.24, 2.45) is 5.92 Å². The summed E-state index contributed by atoms with van der Waals surface area (Å²) in [6.45, 7) is 1.50. The normalized spacial score (nSPS) is 26.1. The fourth-order valence-electron chi connectivity index (χ4n) is 9.12. The minimum atomic E-state index is -5.10. The first-order chi connectivity index (χ1) is 24.9. The zero-order valence-corrected chi connectivity index (χ0v) is 28.6. The van der Waals surface area contributed by atoms with E-state index in [0.29, 0.717) is 37.1 Å². The summed E-state index contributed by atoms with van der Waals surface area (Å²) in [6.07, 6.45) is -1.27. The number of carbonyl (C=O) groups is 1. The quantitative estimate of drug-likeness (QED) is 0.215. The summed E-state index contributed by atoms with van der Waals surface area (Å²) in [7, 11) is 0. The number of hydrogen-bond donors (Lipinski definition) is 1. The van der Waals surface area contributed by atoms with Crippen molar-refractivity contribution in [1.29, 1.82) is 5.26 Å². The van der Waals surface area contributed by atoms with Crippen LogP contribution in [-0.4, -0.2) is 82.3 Å². The molecular weight excluding hydrogens is 708 g/mol. The maximum Gasteiger partial charge on any atom is 0.417 e. The molecule has 5 fully saturated rings. The van der Waals surface area contributed by atoms with E-state index in [1.165, 1.54) is 0 Å². The molecule has 1 aliphatic carbocycles. The number of aromatic nitrogens is 2. The van der Waals surface area contributed by atoms with Crippen molar-refractivity contribution in [2.45, 2.75) is 74.9 Å². The minimum absolute atomic E-state index is 0.000684. The zero-order valence-electron chi connectivity index (χ0n) is 27.8. The maximum absolute atomic E-state index is 17.2. The van der Waals surface area contributed by atoms with Crippen molar-refractivity contribution >= 4 is 49.1 Å². The number of nitrogen functional groups attached to an aromatic ring is 1. The topological polar surface area (TPSA) is 112 Å². The number of anilines is 2. The largest absolute Gasteiger partial charge is 0.461 e. The second kappa shape index (κ2) is 11.8. The van der Waals surface area contributed by atoms with Gasteiger partial charge in [0.1, 0.15) is 41.0 Å². The maximum atomic E-state index is 17.2. The third-order valence-corrected chi connectivity index (χ3v) is 12.6. The average molecular weight is 742 g/mol. The number of hydrogen-bond acceptors (Lipinski definition) is 9. The van der Waals surface area contributed by atoms with Crippen LogP contribution in [0.1, 0.15) is 56.1 Å². The summed E-state index contributed by atoms with van der Waals surface area (Å²) in [5, 5.41) is 9.31. The van der Waals surface area contributed by atoms with Crippen LogP contribution < -0.4 is 15.4 Å². The van der Waals surface area contributed by atoms with Crippen LogP contribution in [0.3, 0.4) is 0 Å². The molecule has 2 bridgehead atoms. The Bertz CT molecular complexity index is 2190. The Balaban J connectivity index is 1.22. The highest BCUT2D eigenvalue weighted by Crippen LogP contribution is 2.49. The summed E-state index contributed by atoms with van der Waals surface area (Å²) >= 11 is 0.691. The number of thiophene rings is 1. The Morgan fingerprint density at radius 3 is 2.56 bits per heavy atom. The summed E-state index contributed by atoms with van der Waals surface area (Å²) in [4.78, 5) is 27.9. The highest BCUT2D eigenvalue weighted by molar-refractivity contribution is 7.23. The molecule has 9 rings (SSSR count). The molecule has 272 valence electrons. The molecule has 0 spiro atoms. The summed E-state index contributed by atoms with van der Waals surface area (Å²) < 4.78 is 98.0. The van der Waals surface area contributed by atoms with Gasteiger partial charge in [-0.3, -0.25) is 9.69 Å². The van der Waals surface area contributed by atoms with Crippen LogP contribution in [0.5, 0.6) is 6.01 Å². The van der Waals surface area contributed by atoms with E-state index < -0.39 is 46.2 Å². The summed E-state index contributed by atoms with van der Waals surface area (Å²) in [6, 6.07) is 3.90. The van der Waals surface area contributed by atoms with E-state index in [9.17, 15) is 18.8 Å². The Morgan fingerprint density at radius 1 is 1.12 bits per heavy atom. The number of benzene rings is 2. The molecule has 9 nitrogen and oxygen atoms in total. The van der Waals surface area contributed by atoms with Crippen LogP contribution in [0.15, 0.2) is 18.2 Å². The van der Waals surface area contributed by atoms with E-state index >= 15 is 17.6 Å². The van der Waals surface area contributed by atoms with Gasteiger partial charge in [0, 0.05) is 60.4 Å². The Labute approximate surface area is 297 Å². The number of carbonyl (C=O) groups excluding carboxylic acids is 1. The smallest absolute Gasteiger partial charge is 0.417 e. The second-order valence-electron chi connectivity index (χ2n) is 14.8. The fourth-order valence-corrected chi connectivity index (χ4v) is 10.1. The van der Waals surface area contributed by atoms with Gasteiger partial charge in [0.2, 0.25) is 5.91 Å². The number of nitrogens with two attached hydrogens (primary N) is 1. The number of fused-ring (bicyclic) bond motifs is 5. The number of ether oxygens (including phenoxy) is 1. The number of alkyl halides is 4. The van der Waals surface area contributed by atoms with Gasteiger partial charge >= 0.3 is 12.2 Å². The second-order valence-corrected chi connectivity index (χ2v) is 15.8. The molecule has 4 aliphatic heterocycles. The lowest BCUT2D eigenvalue weighted by atomic mass is 9.92. The van der Waals surface area contributed by atoms with E-state index in [1.807, 2.05) is 15.9 Å². The van der Waals surface area contributed by atoms with Crippen molar-refractivity contribution in [3.05, 3.63) is 41.0 Å². The van der Waals surface area contributed by atoms with Crippen LogP contribution in [-0.2, 0) is 11.0 Å². The molecule has 1 saturated carbocycles. The number of nitrogens with zero attached hydrogens (tertiary/aromatic N) is 6. The number of amides is 1. The molecule has 2 aromatic carbocycles. The van der Waals surface area contributed by atoms with Gasteiger partial charge in [-0.05, 0) is 62.8 Å². The van der Waals surface area contributed by atoms with E-state index in [4.69, 9.17) is 10.5 Å². The van der Waals surface area contributed by atoms with Gasteiger partial charge in [0.25, 0.3) is 0 Å². The van der Waals surface area contributed by atoms with Crippen LogP contribution in [0.25, 0.3) is 32.1 Å². The predicted molar refractivity (Wildman–Crippen MR) is 182 cm³/mol. The molecule has 0 radical (unpaired) electrons. The predicted octanol–water partition coefficient (Wildman–Crippen LogP) is 6.81. The summed E-state index contributed by atoms with van der Waals surface area (Å²) in [5.41, 5.74) is 2.03. The average Bonchev–Trinajstić information content (AvgIpc) is 3.60. The molecule has 4 unspecified atom stereocenters. The molecule has 2 N–H and O–H groups in total. The molecule has 16 heteroatoms. The lowest BCUT2D eigenvalue weighted by molar-refractivity contribution is -0.137. The van der Waals surface area contributed by atoms with Gasteiger partial charge in [-0.15, -0.1) is 11.3 Å². The molecule has 4 aromatic rings. The lowest BCUT2D eigenvalue weighted by Gasteiger charge is -2.42. The highest BCUT2D eigenvalue weighted by atomic mass is 32.1. The van der Waals surface area contributed by atoms with E-state index in [1.54, 1.807) is 4.90 Å². The third-order valence-electron chi connectivity index (χ3n) is 11.6. The van der Waals surface area contributed by atoms with Crippen LogP contribution in [0, 0.1) is 28.9 Å². The van der Waals surface area contributed by atoms with Crippen molar-refractivity contribution in [1.82, 2.24) is 19.8 Å². The Kier molecular flexibility index (Phi) is 7.61. The van der Waals surface area contributed by atoms with Crippen molar-refractivity contribution < 1.29 is 35.9 Å². The first-order valence-electron chi connectivity index (χ1n) is 17.5. The molecule has 1 amide bonds. The van der Waals surface area contributed by atoms with Crippen molar-refractivity contribution in [3.8, 4) is 23.2 Å². The first-order valence-corrected chi connectivity index (χ1v) is 18.3. The molecule has 4 atom stereocenters. The van der Waals surface area contributed by atoms with Gasteiger partial charge in [-0.25, -0.2) is 13.2 Å². The van der Waals surface area contributed by atoms with E-state index in [-0.39, 0.29) is 100.0 Å². The molecule has 52 heavy (non-hydrogen) atoms. The Hall–Kier alpha value is -4.36. The molecule has 5 aliphatic rings. The number of rotatable bonds is 6. The third kappa shape index (κ3) is 5.17. The SMILES string of the molecule is N#Cc1c(N)sc2c(F)ccc(-c3c(C(F)(F)F)cc4c(N5CC6CCC(C5)N6C(=O)C5CC5)nc(OCC56CCCN5CC(F)C6)nc4c3F)c12. The van der Waals surface area contributed by atoms with E-state index in [0.717, 1.165) is 37.5 Å². The lowest BCUT2D eigenvalue weighted by Crippen LogP contribution is -2.56. The van der Waals surface area contributed by atoms with Gasteiger partial charge in [-0.2, -0.15) is 28.4 Å². The van der Waals surface area contributed by atoms with Gasteiger partial charge in [0.05, 0.1) is 21.4 Å². The molecular formula is C36H33F6N7O2S. The number of halogens is 6. The zero-order chi connectivity index (χ0) is 36.3. The summed E-state index contributed by atoms with van der Waals surface area (Å²) in [5.74, 6) is -2.04. The Morgan fingerprint density at radius 2 is 1.87 bits per heavy atom. The molecule has 6 heterocycles. The van der Waals surface area contributed by atoms with Crippen molar-refractivity contribution in [3.63, 3.8) is 0 Å². The van der Waals surface area contributed by atoms with Crippen molar-refractivity contribution in [2.75, 3.05) is 43.4 Å². The van der Waals surface area contributed by atoms with Crippen LogP contribution in [0.2, 0.25) is 0 Å². The van der Waals surface area contributed by atoms with Gasteiger partial charge < -0.3 is 20.3 Å². The first kappa shape index (κ1) is 33.5. The highest BCUT2D eigenvalue weighted by Gasteiger charge is 2.50. The number of nitriles is 1. The number of piperazine rings is 1. The van der Waals surface area contributed by atoms with Crippen LogP contribution in [0.4, 0.5) is 37.2 Å². The minimum Gasteiger partial charge on any atom is -0.461 e. The monoisotopic (exact) mass is 741 g/mol. The van der Waals surface area contributed by atoms with Gasteiger partial charge in [0.15, 0.2) is 5.82 Å².